The molecule has 0 spiro atoms. The summed E-state index contributed by atoms with van der Waals surface area (Å²) >= 11 is 0. The molecule has 0 aromatic carbocycles. The van der Waals surface area contributed by atoms with E-state index in [1.54, 1.807) is 17.0 Å². The van der Waals surface area contributed by atoms with Gasteiger partial charge in [-0.3, -0.25) is 14.2 Å². The van der Waals surface area contributed by atoms with Crippen LogP contribution in [0, 0.1) is 5.41 Å². The van der Waals surface area contributed by atoms with Gasteiger partial charge in [-0.2, -0.15) is 0 Å². The number of aromatic nitrogens is 1. The van der Waals surface area contributed by atoms with Crippen molar-refractivity contribution in [2.75, 3.05) is 6.54 Å². The first-order valence-corrected chi connectivity index (χ1v) is 7.27. The van der Waals surface area contributed by atoms with Crippen molar-refractivity contribution in [3.8, 4) is 0 Å². The molecule has 1 heterocycles. The van der Waals surface area contributed by atoms with E-state index < -0.39 is 0 Å². The third kappa shape index (κ3) is 2.16. The van der Waals surface area contributed by atoms with Crippen LogP contribution in [0.25, 0.3) is 0 Å². The van der Waals surface area contributed by atoms with Crippen molar-refractivity contribution in [2.24, 2.45) is 11.1 Å². The topological polar surface area (TPSA) is 77.1 Å². The highest BCUT2D eigenvalue weighted by Gasteiger charge is 2.51. The number of nitrogens with one attached hydrogen (secondary N) is 1. The van der Waals surface area contributed by atoms with Crippen LogP contribution in [-0.2, 0) is 4.79 Å². The van der Waals surface area contributed by atoms with Gasteiger partial charge in [0.05, 0.1) is 6.54 Å². The van der Waals surface area contributed by atoms with Crippen molar-refractivity contribution in [1.82, 2.24) is 9.88 Å². The zero-order valence-electron chi connectivity index (χ0n) is 11.6. The summed E-state index contributed by atoms with van der Waals surface area (Å²) < 4.78 is 1.60. The molecule has 3 aliphatic rings. The number of nitrogens with two attached hydrogens (primary N) is 1. The van der Waals surface area contributed by atoms with E-state index in [2.05, 4.69) is 5.32 Å². The molecule has 0 saturated heterocycles. The first-order valence-electron chi connectivity index (χ1n) is 7.27. The maximum absolute atomic E-state index is 12.0. The van der Waals surface area contributed by atoms with Gasteiger partial charge in [-0.1, -0.05) is 0 Å². The van der Waals surface area contributed by atoms with Gasteiger partial charge < -0.3 is 11.1 Å². The summed E-state index contributed by atoms with van der Waals surface area (Å²) in [5.41, 5.74) is 5.31. The minimum absolute atomic E-state index is 0.0278. The molecule has 1 aromatic heterocycles. The van der Waals surface area contributed by atoms with E-state index in [4.69, 9.17) is 5.73 Å². The van der Waals surface area contributed by atoms with Gasteiger partial charge in [0.25, 0.3) is 0 Å². The summed E-state index contributed by atoms with van der Waals surface area (Å²) in [6.45, 7) is 0.345. The highest BCUT2D eigenvalue weighted by molar-refractivity contribution is 5.82. The lowest BCUT2D eigenvalue weighted by atomic mass is 9.57. The number of carbonyl (C=O) groups is 2. The van der Waals surface area contributed by atoms with E-state index >= 15 is 0 Å². The molecular weight excluding hydrogens is 254 g/mol. The predicted octanol–water partition coefficient (Wildman–Crippen LogP) is 1.30. The van der Waals surface area contributed by atoms with Crippen LogP contribution in [0.5, 0.6) is 0 Å². The van der Waals surface area contributed by atoms with E-state index in [0.717, 1.165) is 38.5 Å². The molecule has 0 radical (unpaired) electrons. The first-order chi connectivity index (χ1) is 9.55. The van der Waals surface area contributed by atoms with Gasteiger partial charge in [0, 0.05) is 23.3 Å². The number of nitrogens with zero attached hydrogens (tertiary/aromatic N) is 1. The van der Waals surface area contributed by atoms with Crippen LogP contribution in [0.1, 0.15) is 43.3 Å². The highest BCUT2D eigenvalue weighted by Crippen LogP contribution is 2.52. The van der Waals surface area contributed by atoms with Gasteiger partial charge in [-0.05, 0) is 50.7 Å². The van der Waals surface area contributed by atoms with Crippen molar-refractivity contribution >= 4 is 11.8 Å². The van der Waals surface area contributed by atoms with Crippen LogP contribution in [0.15, 0.2) is 24.5 Å². The van der Waals surface area contributed by atoms with Gasteiger partial charge in [0.1, 0.15) is 0 Å². The van der Waals surface area contributed by atoms with Gasteiger partial charge in [-0.25, -0.2) is 0 Å². The molecule has 0 aliphatic heterocycles. The largest absolute Gasteiger partial charge is 0.369 e. The van der Waals surface area contributed by atoms with Crippen molar-refractivity contribution in [1.29, 1.82) is 0 Å². The lowest BCUT2D eigenvalue weighted by Gasteiger charge is -2.52. The van der Waals surface area contributed by atoms with Crippen LogP contribution < -0.4 is 11.1 Å². The van der Waals surface area contributed by atoms with Gasteiger partial charge in [0.2, 0.25) is 11.8 Å². The Bertz CT molecular complexity index is 497. The average Bonchev–Trinajstić information content (AvgIpc) is 3.01. The fourth-order valence-electron chi connectivity index (χ4n) is 3.68. The number of carbonyl (C=O) groups excluding carboxylic acids is 2. The molecule has 3 fully saturated rings. The quantitative estimate of drug-likeness (QED) is 0.869. The molecule has 1 aromatic rings. The number of fused-ring (bicyclic) bond motifs is 3. The molecule has 5 heteroatoms. The van der Waals surface area contributed by atoms with Crippen LogP contribution in [0.3, 0.4) is 0 Å². The van der Waals surface area contributed by atoms with E-state index in [1.165, 1.54) is 0 Å². The fraction of sp³-hybridized carbons (Fsp3) is 0.600. The third-order valence-corrected chi connectivity index (χ3v) is 5.28. The summed E-state index contributed by atoms with van der Waals surface area (Å²) in [4.78, 5) is 23.6. The van der Waals surface area contributed by atoms with Crippen molar-refractivity contribution in [2.45, 2.75) is 44.1 Å². The van der Waals surface area contributed by atoms with Crippen molar-refractivity contribution in [3.63, 3.8) is 0 Å². The van der Waals surface area contributed by atoms with Crippen molar-refractivity contribution in [3.05, 3.63) is 24.5 Å². The maximum Gasteiger partial charge on any atom is 0.244 e. The molecule has 5 nitrogen and oxygen atoms in total. The molecule has 20 heavy (non-hydrogen) atoms. The Balaban J connectivity index is 1.60. The lowest BCUT2D eigenvalue weighted by Crippen LogP contribution is -2.58. The number of hydrogen-bond acceptors (Lipinski definition) is 3. The fourth-order valence-corrected chi connectivity index (χ4v) is 3.68. The van der Waals surface area contributed by atoms with Gasteiger partial charge >= 0.3 is 0 Å². The summed E-state index contributed by atoms with van der Waals surface area (Å²) in [5.74, 6) is -0.0871. The maximum atomic E-state index is 12.0. The SMILES string of the molecule is NC(=O)C12CCC(NCC(=O)n3cccc3)(CC1)CC2. The Labute approximate surface area is 118 Å². The molecular formula is C15H21N3O2. The summed E-state index contributed by atoms with van der Waals surface area (Å²) in [6.07, 6.45) is 8.91. The molecule has 2 bridgehead atoms. The zero-order valence-corrected chi connectivity index (χ0v) is 11.6. The Kier molecular flexibility index (Phi) is 3.17. The lowest BCUT2D eigenvalue weighted by molar-refractivity contribution is -0.134. The van der Waals surface area contributed by atoms with E-state index in [0.29, 0.717) is 6.54 Å². The van der Waals surface area contributed by atoms with E-state index in [1.807, 2.05) is 12.1 Å². The summed E-state index contributed by atoms with van der Waals surface area (Å²) in [7, 11) is 0. The minimum Gasteiger partial charge on any atom is -0.369 e. The molecule has 1 amide bonds. The Morgan fingerprint density at radius 2 is 1.60 bits per heavy atom. The number of rotatable bonds is 4. The summed E-state index contributed by atoms with van der Waals surface area (Å²) in [5, 5.41) is 3.44. The molecule has 3 aliphatic carbocycles. The molecule has 0 atom stereocenters. The molecule has 4 rings (SSSR count). The number of primary amides is 1. The van der Waals surface area contributed by atoms with Crippen LogP contribution in [-0.4, -0.2) is 28.5 Å². The monoisotopic (exact) mass is 275 g/mol. The van der Waals surface area contributed by atoms with Crippen LogP contribution >= 0.6 is 0 Å². The van der Waals surface area contributed by atoms with E-state index in [-0.39, 0.29) is 22.8 Å². The second kappa shape index (κ2) is 4.74. The summed E-state index contributed by atoms with van der Waals surface area (Å²) in [6, 6.07) is 3.69. The van der Waals surface area contributed by atoms with Crippen LogP contribution in [0.4, 0.5) is 0 Å². The number of hydrogen-bond donors (Lipinski definition) is 2. The highest BCUT2D eigenvalue weighted by atomic mass is 16.2. The normalized spacial score (nSPS) is 32.2. The van der Waals surface area contributed by atoms with E-state index in [9.17, 15) is 9.59 Å². The smallest absolute Gasteiger partial charge is 0.244 e. The average molecular weight is 275 g/mol. The second-order valence-electron chi connectivity index (χ2n) is 6.26. The van der Waals surface area contributed by atoms with Crippen LogP contribution in [0.2, 0.25) is 0 Å². The Morgan fingerprint density at radius 1 is 1.05 bits per heavy atom. The molecule has 0 unspecified atom stereocenters. The van der Waals surface area contributed by atoms with Crippen molar-refractivity contribution < 1.29 is 9.59 Å². The molecule has 108 valence electrons. The molecule has 3 N–H and O–H groups in total. The minimum atomic E-state index is -0.270. The first kappa shape index (κ1) is 13.4. The molecule has 3 saturated carbocycles. The standard InChI is InChI=1S/C15H21N3O2/c16-13(20)14-3-6-15(7-4-14,8-5-14)17-11-12(19)18-9-1-2-10-18/h1-2,9-10,17H,3-8,11H2,(H2,16,20). The van der Waals surface area contributed by atoms with Gasteiger partial charge in [-0.15, -0.1) is 0 Å². The second-order valence-corrected chi connectivity index (χ2v) is 6.26. The Morgan fingerprint density at radius 3 is 2.10 bits per heavy atom. The third-order valence-electron chi connectivity index (χ3n) is 5.28. The predicted molar refractivity (Wildman–Crippen MR) is 75.1 cm³/mol. The van der Waals surface area contributed by atoms with Gasteiger partial charge in [0.15, 0.2) is 0 Å². The zero-order chi connectivity index (χ0) is 14.2. The Hall–Kier alpha value is -1.62. The number of amides is 1.